The van der Waals surface area contributed by atoms with Gasteiger partial charge in [-0.25, -0.2) is 0 Å². The lowest BCUT2D eigenvalue weighted by Crippen LogP contribution is -2.45. The van der Waals surface area contributed by atoms with Crippen molar-refractivity contribution in [3.63, 3.8) is 0 Å². The smallest absolute Gasteiger partial charge is 0.223 e. The number of likely N-dealkylation sites (tertiary alicyclic amines) is 1. The van der Waals surface area contributed by atoms with Crippen molar-refractivity contribution < 1.29 is 6.22 Å². The van der Waals surface area contributed by atoms with Gasteiger partial charge < -0.3 is 5.32 Å². The molecule has 21 heavy (non-hydrogen) atoms. The van der Waals surface area contributed by atoms with Crippen LogP contribution in [0.1, 0.15) is 40.1 Å². The number of nitrogens with one attached hydrogen (secondary N) is 1. The SMILES string of the molecule is CC1(C)CC1C(=O)NC1CCN(Cc2ccccc2)CC1.[HH]. The highest BCUT2D eigenvalue weighted by molar-refractivity contribution is 5.82. The van der Waals surface area contributed by atoms with Gasteiger partial charge in [0.2, 0.25) is 5.91 Å². The van der Waals surface area contributed by atoms with Crippen molar-refractivity contribution in [2.24, 2.45) is 11.3 Å². The highest BCUT2D eigenvalue weighted by Gasteiger charge is 2.50. The fourth-order valence-corrected chi connectivity index (χ4v) is 3.29. The molecule has 0 bridgehead atoms. The van der Waals surface area contributed by atoms with Gasteiger partial charge in [0.05, 0.1) is 0 Å². The lowest BCUT2D eigenvalue weighted by Gasteiger charge is -2.32. The number of hydrogen-bond acceptors (Lipinski definition) is 2. The molecule has 2 fully saturated rings. The summed E-state index contributed by atoms with van der Waals surface area (Å²) in [6.07, 6.45) is 3.20. The first-order valence-electron chi connectivity index (χ1n) is 8.11. The van der Waals surface area contributed by atoms with Crippen molar-refractivity contribution in [2.45, 2.75) is 45.7 Å². The van der Waals surface area contributed by atoms with Crippen molar-refractivity contribution in [3.8, 4) is 0 Å². The number of benzene rings is 1. The van der Waals surface area contributed by atoms with E-state index in [4.69, 9.17) is 0 Å². The third kappa shape index (κ3) is 3.65. The summed E-state index contributed by atoms with van der Waals surface area (Å²) in [7, 11) is 0. The molecule has 0 spiro atoms. The Kier molecular flexibility index (Phi) is 4.03. The van der Waals surface area contributed by atoms with Crippen LogP contribution in [0.3, 0.4) is 0 Å². The van der Waals surface area contributed by atoms with Crippen LogP contribution in [0.5, 0.6) is 0 Å². The van der Waals surface area contributed by atoms with Gasteiger partial charge in [0.25, 0.3) is 0 Å². The molecule has 1 heterocycles. The molecule has 1 unspecified atom stereocenters. The van der Waals surface area contributed by atoms with Crippen LogP contribution in [-0.2, 0) is 11.3 Å². The molecule has 1 aromatic carbocycles. The Morgan fingerprint density at radius 2 is 1.90 bits per heavy atom. The predicted molar refractivity (Wildman–Crippen MR) is 86.9 cm³/mol. The standard InChI is InChI=1S/C18H26N2O.H2/c1-18(2)12-16(18)17(21)19-15-8-10-20(11-9-15)13-14-6-4-3-5-7-14;/h3-7,15-16H,8-13H2,1-2H3,(H,19,21);1H. The summed E-state index contributed by atoms with van der Waals surface area (Å²) in [4.78, 5) is 14.6. The third-order valence-corrected chi connectivity index (χ3v) is 5.01. The van der Waals surface area contributed by atoms with Crippen molar-refractivity contribution in [2.75, 3.05) is 13.1 Å². The van der Waals surface area contributed by atoms with Crippen molar-refractivity contribution in [1.82, 2.24) is 10.2 Å². The van der Waals surface area contributed by atoms with Crippen LogP contribution in [0.4, 0.5) is 0 Å². The topological polar surface area (TPSA) is 32.3 Å². The molecule has 0 radical (unpaired) electrons. The van der Waals surface area contributed by atoms with Crippen LogP contribution in [0, 0.1) is 11.3 Å². The molecular formula is C18H28N2O. The molecular weight excluding hydrogens is 260 g/mol. The summed E-state index contributed by atoms with van der Waals surface area (Å²) in [5, 5.41) is 3.26. The third-order valence-electron chi connectivity index (χ3n) is 5.01. The Labute approximate surface area is 129 Å². The van der Waals surface area contributed by atoms with E-state index in [9.17, 15) is 4.79 Å². The van der Waals surface area contributed by atoms with Gasteiger partial charge in [-0.2, -0.15) is 0 Å². The van der Waals surface area contributed by atoms with E-state index in [-0.39, 0.29) is 18.7 Å². The minimum absolute atomic E-state index is 0. The van der Waals surface area contributed by atoms with Crippen molar-refractivity contribution in [3.05, 3.63) is 35.9 Å². The fraction of sp³-hybridized carbons (Fsp3) is 0.611. The first kappa shape index (κ1) is 14.6. The number of nitrogens with zero attached hydrogens (tertiary/aromatic N) is 1. The summed E-state index contributed by atoms with van der Waals surface area (Å²) >= 11 is 0. The Bertz CT molecular complexity index is 495. The van der Waals surface area contributed by atoms with E-state index in [0.717, 1.165) is 38.9 Å². The zero-order valence-corrected chi connectivity index (χ0v) is 13.1. The number of piperidine rings is 1. The minimum atomic E-state index is 0. The van der Waals surface area contributed by atoms with E-state index >= 15 is 0 Å². The average molecular weight is 288 g/mol. The lowest BCUT2D eigenvalue weighted by atomic mass is 10.0. The van der Waals surface area contributed by atoms with Crippen LogP contribution in [0.15, 0.2) is 30.3 Å². The van der Waals surface area contributed by atoms with E-state index in [1.165, 1.54) is 5.56 Å². The molecule has 3 rings (SSSR count). The molecule has 116 valence electrons. The highest BCUT2D eigenvalue weighted by atomic mass is 16.2. The largest absolute Gasteiger partial charge is 0.353 e. The second kappa shape index (κ2) is 5.80. The number of rotatable bonds is 4. The lowest BCUT2D eigenvalue weighted by molar-refractivity contribution is -0.124. The number of hydrogen-bond donors (Lipinski definition) is 1. The molecule has 1 saturated carbocycles. The average Bonchev–Trinajstić information content (AvgIpc) is 3.11. The molecule has 1 aliphatic carbocycles. The molecule has 1 aliphatic heterocycles. The second-order valence-electron chi connectivity index (χ2n) is 7.29. The van der Waals surface area contributed by atoms with Gasteiger partial charge in [0, 0.05) is 33.0 Å². The number of carbonyl (C=O) groups excluding carboxylic acids is 1. The van der Waals surface area contributed by atoms with E-state index in [2.05, 4.69) is 54.4 Å². The van der Waals surface area contributed by atoms with Crippen LogP contribution >= 0.6 is 0 Å². The summed E-state index contributed by atoms with van der Waals surface area (Å²) < 4.78 is 0. The van der Waals surface area contributed by atoms with Crippen LogP contribution in [-0.4, -0.2) is 29.9 Å². The summed E-state index contributed by atoms with van der Waals surface area (Å²) in [5.41, 5.74) is 1.61. The molecule has 1 amide bonds. The Morgan fingerprint density at radius 1 is 1.29 bits per heavy atom. The molecule has 1 atom stereocenters. The zero-order valence-electron chi connectivity index (χ0n) is 13.1. The molecule has 1 aromatic rings. The van der Waals surface area contributed by atoms with Gasteiger partial charge >= 0.3 is 0 Å². The second-order valence-corrected chi connectivity index (χ2v) is 7.29. The van der Waals surface area contributed by atoms with Crippen molar-refractivity contribution >= 4 is 5.91 Å². The Hall–Kier alpha value is -1.35. The first-order chi connectivity index (χ1) is 10.0. The Balaban J connectivity index is 0.00000176. The van der Waals surface area contributed by atoms with Crippen LogP contribution < -0.4 is 5.32 Å². The first-order valence-corrected chi connectivity index (χ1v) is 8.11. The van der Waals surface area contributed by atoms with Gasteiger partial charge in [-0.15, -0.1) is 0 Å². The number of amides is 1. The molecule has 3 heteroatoms. The van der Waals surface area contributed by atoms with E-state index in [1.807, 2.05) is 0 Å². The molecule has 1 N–H and O–H groups in total. The van der Waals surface area contributed by atoms with E-state index in [0.29, 0.717) is 6.04 Å². The van der Waals surface area contributed by atoms with Gasteiger partial charge in [0.15, 0.2) is 0 Å². The van der Waals surface area contributed by atoms with Gasteiger partial charge in [-0.1, -0.05) is 44.2 Å². The van der Waals surface area contributed by atoms with Gasteiger partial charge in [-0.3, -0.25) is 9.69 Å². The quantitative estimate of drug-likeness (QED) is 0.923. The van der Waals surface area contributed by atoms with Crippen molar-refractivity contribution in [1.29, 1.82) is 0 Å². The molecule has 2 aliphatic rings. The van der Waals surface area contributed by atoms with Gasteiger partial charge in [0.1, 0.15) is 0 Å². The monoisotopic (exact) mass is 288 g/mol. The maximum absolute atomic E-state index is 12.1. The van der Waals surface area contributed by atoms with Crippen LogP contribution in [0.25, 0.3) is 0 Å². The minimum Gasteiger partial charge on any atom is -0.353 e. The summed E-state index contributed by atoms with van der Waals surface area (Å²) in [6.45, 7) is 7.54. The highest BCUT2D eigenvalue weighted by Crippen LogP contribution is 2.51. The molecule has 0 aromatic heterocycles. The fourth-order valence-electron chi connectivity index (χ4n) is 3.29. The Morgan fingerprint density at radius 3 is 2.48 bits per heavy atom. The van der Waals surface area contributed by atoms with Crippen LogP contribution in [0.2, 0.25) is 0 Å². The summed E-state index contributed by atoms with van der Waals surface area (Å²) in [5.74, 6) is 0.529. The normalized spacial score (nSPS) is 25.5. The molecule has 3 nitrogen and oxygen atoms in total. The predicted octanol–water partition coefficient (Wildman–Crippen LogP) is 3.06. The summed E-state index contributed by atoms with van der Waals surface area (Å²) in [6, 6.07) is 11.0. The van der Waals surface area contributed by atoms with Gasteiger partial charge in [-0.05, 0) is 30.2 Å². The zero-order chi connectivity index (χ0) is 14.9. The maximum Gasteiger partial charge on any atom is 0.223 e. The van der Waals surface area contributed by atoms with E-state index < -0.39 is 0 Å². The number of carbonyl (C=O) groups is 1. The molecule has 1 saturated heterocycles. The van der Waals surface area contributed by atoms with E-state index in [1.54, 1.807) is 0 Å². The maximum atomic E-state index is 12.1.